The summed E-state index contributed by atoms with van der Waals surface area (Å²) < 4.78 is 0. The number of rotatable bonds is 5. The summed E-state index contributed by atoms with van der Waals surface area (Å²) in [6.07, 6.45) is 5.41. The van der Waals surface area contributed by atoms with Crippen molar-refractivity contribution in [2.75, 3.05) is 26.2 Å². The van der Waals surface area contributed by atoms with Crippen LogP contribution < -0.4 is 5.32 Å². The lowest BCUT2D eigenvalue weighted by molar-refractivity contribution is 0.116. The van der Waals surface area contributed by atoms with Gasteiger partial charge in [-0.15, -0.1) is 0 Å². The number of nitrogens with zero attached hydrogens (tertiary/aromatic N) is 1. The Balaban J connectivity index is 2.07. The zero-order valence-corrected chi connectivity index (χ0v) is 12.6. The monoisotopic (exact) mass is 240 g/mol. The first-order valence-electron chi connectivity index (χ1n) is 7.26. The van der Waals surface area contributed by atoms with E-state index >= 15 is 0 Å². The molecule has 0 amide bonds. The summed E-state index contributed by atoms with van der Waals surface area (Å²) in [5.41, 5.74) is 0.815. The van der Waals surface area contributed by atoms with Crippen LogP contribution in [0.25, 0.3) is 0 Å². The molecule has 0 aliphatic carbocycles. The second-order valence-corrected chi connectivity index (χ2v) is 7.43. The van der Waals surface area contributed by atoms with Gasteiger partial charge in [0.1, 0.15) is 0 Å². The molecule has 2 nitrogen and oxygen atoms in total. The van der Waals surface area contributed by atoms with Gasteiger partial charge in [-0.1, -0.05) is 13.8 Å². The van der Waals surface area contributed by atoms with Crippen LogP contribution in [-0.4, -0.2) is 36.6 Å². The first kappa shape index (κ1) is 15.0. The van der Waals surface area contributed by atoms with E-state index in [1.807, 2.05) is 0 Å². The molecule has 2 heteroatoms. The van der Waals surface area contributed by atoms with Gasteiger partial charge in [-0.05, 0) is 71.5 Å². The summed E-state index contributed by atoms with van der Waals surface area (Å²) >= 11 is 0. The fourth-order valence-corrected chi connectivity index (χ4v) is 2.66. The summed E-state index contributed by atoms with van der Waals surface area (Å²) in [6.45, 7) is 16.6. The molecule has 17 heavy (non-hydrogen) atoms. The van der Waals surface area contributed by atoms with Gasteiger partial charge < -0.3 is 10.2 Å². The van der Waals surface area contributed by atoms with E-state index in [0.717, 1.165) is 6.54 Å². The van der Waals surface area contributed by atoms with Gasteiger partial charge in [-0.25, -0.2) is 0 Å². The van der Waals surface area contributed by atoms with Gasteiger partial charge in [0.2, 0.25) is 0 Å². The molecule has 1 aliphatic heterocycles. The third-order valence-corrected chi connectivity index (χ3v) is 3.54. The van der Waals surface area contributed by atoms with Crippen LogP contribution >= 0.6 is 0 Å². The molecule has 1 saturated heterocycles. The van der Waals surface area contributed by atoms with Crippen LogP contribution in [0.4, 0.5) is 0 Å². The Morgan fingerprint density at radius 3 is 2.47 bits per heavy atom. The Morgan fingerprint density at radius 2 is 1.88 bits per heavy atom. The molecule has 1 rings (SSSR count). The molecule has 0 aromatic heterocycles. The Kier molecular flexibility index (Phi) is 5.46. The van der Waals surface area contributed by atoms with Crippen molar-refractivity contribution >= 4 is 0 Å². The topological polar surface area (TPSA) is 15.3 Å². The lowest BCUT2D eigenvalue weighted by Gasteiger charge is -2.38. The average molecular weight is 240 g/mol. The highest BCUT2D eigenvalue weighted by molar-refractivity contribution is 4.79. The first-order chi connectivity index (χ1) is 7.79. The Bertz CT molecular complexity index is 215. The van der Waals surface area contributed by atoms with E-state index in [2.05, 4.69) is 44.8 Å². The van der Waals surface area contributed by atoms with Gasteiger partial charge in [-0.2, -0.15) is 0 Å². The van der Waals surface area contributed by atoms with Crippen molar-refractivity contribution in [1.82, 2.24) is 10.2 Å². The van der Waals surface area contributed by atoms with Crippen molar-refractivity contribution in [1.29, 1.82) is 0 Å². The van der Waals surface area contributed by atoms with Crippen molar-refractivity contribution in [2.24, 2.45) is 5.41 Å². The third-order valence-electron chi connectivity index (χ3n) is 3.54. The minimum atomic E-state index is 0.271. The van der Waals surface area contributed by atoms with E-state index in [0.29, 0.717) is 5.41 Å². The van der Waals surface area contributed by atoms with Crippen molar-refractivity contribution in [2.45, 2.75) is 65.8 Å². The summed E-state index contributed by atoms with van der Waals surface area (Å²) in [5, 5.41) is 3.56. The van der Waals surface area contributed by atoms with E-state index in [9.17, 15) is 0 Å². The second-order valence-electron chi connectivity index (χ2n) is 7.43. The Morgan fingerprint density at radius 1 is 1.18 bits per heavy atom. The van der Waals surface area contributed by atoms with Gasteiger partial charge in [0.05, 0.1) is 0 Å². The molecule has 0 radical (unpaired) electrons. The average Bonchev–Trinajstić information content (AvgIpc) is 2.13. The maximum Gasteiger partial charge on any atom is 0.00965 e. The first-order valence-corrected chi connectivity index (χ1v) is 7.26. The van der Waals surface area contributed by atoms with Crippen molar-refractivity contribution in [3.63, 3.8) is 0 Å². The number of piperidine rings is 1. The zero-order chi connectivity index (χ0) is 12.9. The van der Waals surface area contributed by atoms with Crippen LogP contribution in [-0.2, 0) is 0 Å². The van der Waals surface area contributed by atoms with Crippen molar-refractivity contribution < 1.29 is 0 Å². The molecule has 0 spiro atoms. The number of unbranched alkanes of at least 4 members (excludes halogenated alkanes) is 1. The van der Waals surface area contributed by atoms with Crippen molar-refractivity contribution in [3.8, 4) is 0 Å². The number of nitrogens with one attached hydrogen (secondary N) is 1. The van der Waals surface area contributed by atoms with Gasteiger partial charge in [0.15, 0.2) is 0 Å². The lowest BCUT2D eigenvalue weighted by atomic mass is 9.84. The van der Waals surface area contributed by atoms with Crippen LogP contribution in [0.5, 0.6) is 0 Å². The smallest absolute Gasteiger partial charge is 0.00965 e. The molecule has 0 atom stereocenters. The maximum atomic E-state index is 3.56. The molecule has 0 aromatic carbocycles. The molecule has 0 aromatic rings. The lowest BCUT2D eigenvalue weighted by Crippen LogP contribution is -2.41. The van der Waals surface area contributed by atoms with Crippen molar-refractivity contribution in [3.05, 3.63) is 0 Å². The molecule has 0 unspecified atom stereocenters. The third kappa shape index (κ3) is 7.05. The largest absolute Gasteiger partial charge is 0.312 e. The summed E-state index contributed by atoms with van der Waals surface area (Å²) in [7, 11) is 0. The molecular weight excluding hydrogens is 208 g/mol. The molecule has 1 aliphatic rings. The number of likely N-dealkylation sites (tertiary alicyclic amines) is 1. The number of hydrogen-bond acceptors (Lipinski definition) is 2. The molecule has 1 N–H and O–H groups in total. The van der Waals surface area contributed by atoms with Crippen LogP contribution in [0.2, 0.25) is 0 Å². The highest BCUT2D eigenvalue weighted by Crippen LogP contribution is 2.28. The maximum absolute atomic E-state index is 3.56. The normalized spacial score (nSPS) is 21.7. The van der Waals surface area contributed by atoms with Gasteiger partial charge >= 0.3 is 0 Å². The second kappa shape index (κ2) is 6.19. The van der Waals surface area contributed by atoms with E-state index < -0.39 is 0 Å². The van der Waals surface area contributed by atoms with E-state index in [4.69, 9.17) is 0 Å². The van der Waals surface area contributed by atoms with Crippen LogP contribution in [0, 0.1) is 5.41 Å². The molecule has 102 valence electrons. The van der Waals surface area contributed by atoms with E-state index in [1.165, 1.54) is 45.3 Å². The Labute approximate surface area is 108 Å². The predicted molar refractivity (Wildman–Crippen MR) is 76.4 cm³/mol. The molecule has 0 bridgehead atoms. The molecule has 0 saturated carbocycles. The minimum absolute atomic E-state index is 0.271. The summed E-state index contributed by atoms with van der Waals surface area (Å²) in [5.74, 6) is 0. The van der Waals surface area contributed by atoms with Gasteiger partial charge in [-0.3, -0.25) is 0 Å². The SMILES string of the molecule is CC1(C)CCCN(CCCCNC(C)(C)C)C1. The highest BCUT2D eigenvalue weighted by Gasteiger charge is 2.25. The fourth-order valence-electron chi connectivity index (χ4n) is 2.66. The number of hydrogen-bond donors (Lipinski definition) is 1. The standard InChI is InChI=1S/C15H32N2/c1-14(2,3)16-10-6-7-11-17-12-8-9-15(4,5)13-17/h16H,6-13H2,1-5H3. The Hall–Kier alpha value is -0.0800. The highest BCUT2D eigenvalue weighted by atomic mass is 15.1. The fraction of sp³-hybridized carbons (Fsp3) is 1.00. The molecule has 1 heterocycles. The van der Waals surface area contributed by atoms with Gasteiger partial charge in [0, 0.05) is 12.1 Å². The van der Waals surface area contributed by atoms with Crippen LogP contribution in [0.1, 0.15) is 60.3 Å². The quantitative estimate of drug-likeness (QED) is 0.742. The van der Waals surface area contributed by atoms with Crippen LogP contribution in [0.3, 0.4) is 0 Å². The molecule has 1 fully saturated rings. The summed E-state index contributed by atoms with van der Waals surface area (Å²) in [6, 6.07) is 0. The van der Waals surface area contributed by atoms with Crippen LogP contribution in [0.15, 0.2) is 0 Å². The predicted octanol–water partition coefficient (Wildman–Crippen LogP) is 3.28. The summed E-state index contributed by atoms with van der Waals surface area (Å²) in [4.78, 5) is 2.65. The molecular formula is C15H32N2. The zero-order valence-electron chi connectivity index (χ0n) is 12.6. The van der Waals surface area contributed by atoms with E-state index in [1.54, 1.807) is 0 Å². The minimum Gasteiger partial charge on any atom is -0.312 e. The van der Waals surface area contributed by atoms with Gasteiger partial charge in [0.25, 0.3) is 0 Å². The van der Waals surface area contributed by atoms with E-state index in [-0.39, 0.29) is 5.54 Å².